The lowest BCUT2D eigenvalue weighted by molar-refractivity contribution is -0.174. The van der Waals surface area contributed by atoms with E-state index in [0.717, 1.165) is 56.7 Å². The Bertz CT molecular complexity index is 726. The summed E-state index contributed by atoms with van der Waals surface area (Å²) >= 11 is 1.96. The molecule has 1 saturated heterocycles. The van der Waals surface area contributed by atoms with Gasteiger partial charge < -0.3 is 15.1 Å². The van der Waals surface area contributed by atoms with Crippen LogP contribution < -0.4 is 0 Å². The Balaban J connectivity index is 1.26. The minimum atomic E-state index is -0.199. The van der Waals surface area contributed by atoms with Crippen molar-refractivity contribution < 1.29 is 15.0 Å². The maximum Gasteiger partial charge on any atom is 0.222 e. The molecule has 0 spiro atoms. The molecule has 2 N–H and O–H groups in total. The second-order valence-electron chi connectivity index (χ2n) is 13.0. The highest BCUT2D eigenvalue weighted by atomic mass is 32.2. The van der Waals surface area contributed by atoms with Crippen LogP contribution in [0.4, 0.5) is 0 Å². The normalized spacial score (nSPS) is 48.5. The Morgan fingerprint density at radius 3 is 2.45 bits per heavy atom. The van der Waals surface area contributed by atoms with Gasteiger partial charge in [0, 0.05) is 31.0 Å². The van der Waals surface area contributed by atoms with Crippen LogP contribution in [0, 0.1) is 46.3 Å². The topological polar surface area (TPSA) is 60.8 Å². The standard InChI is InChI=1S/C28H47NO3S/c1-18(4-7-25(32)29-12-14-33-15-13-29)21-5-6-22-26-23(9-11-28(21,22)3)27(2)10-8-20(30)16-19(27)17-24(26)31/h18-24,26,30-31H,4-17H2,1-3H3. The fourth-order valence-electron chi connectivity index (χ4n) is 9.70. The van der Waals surface area contributed by atoms with Crippen molar-refractivity contribution in [3.05, 3.63) is 0 Å². The third-order valence-electron chi connectivity index (χ3n) is 11.6. The number of hydrogen-bond donors (Lipinski definition) is 2. The van der Waals surface area contributed by atoms with E-state index in [0.29, 0.717) is 58.7 Å². The highest BCUT2D eigenvalue weighted by molar-refractivity contribution is 7.99. The number of hydrogen-bond acceptors (Lipinski definition) is 4. The summed E-state index contributed by atoms with van der Waals surface area (Å²) in [7, 11) is 0. The molecule has 4 aliphatic carbocycles. The van der Waals surface area contributed by atoms with Gasteiger partial charge in [-0.05, 0) is 104 Å². The van der Waals surface area contributed by atoms with Crippen molar-refractivity contribution >= 4 is 17.7 Å². The molecule has 0 aromatic carbocycles. The Hall–Kier alpha value is -0.260. The molecule has 5 aliphatic rings. The molecule has 5 rings (SSSR count). The number of rotatable bonds is 4. The van der Waals surface area contributed by atoms with E-state index in [1.165, 1.54) is 25.7 Å². The third-order valence-corrected chi connectivity index (χ3v) is 12.5. The number of nitrogens with zero attached hydrogens (tertiary/aromatic N) is 1. The predicted octanol–water partition coefficient (Wildman–Crippen LogP) is 4.97. The zero-order valence-electron chi connectivity index (χ0n) is 21.2. The molecular weight excluding hydrogens is 430 g/mol. The van der Waals surface area contributed by atoms with Crippen LogP contribution >= 0.6 is 11.8 Å². The van der Waals surface area contributed by atoms with Crippen LogP contribution in [-0.4, -0.2) is 57.8 Å². The molecule has 10 unspecified atom stereocenters. The number of aliphatic hydroxyl groups excluding tert-OH is 2. The number of carbonyl (C=O) groups is 1. The van der Waals surface area contributed by atoms with Gasteiger partial charge in [-0.15, -0.1) is 0 Å². The number of thioether (sulfide) groups is 1. The largest absolute Gasteiger partial charge is 0.393 e. The van der Waals surface area contributed by atoms with Gasteiger partial charge in [0.2, 0.25) is 5.91 Å². The molecule has 188 valence electrons. The quantitative estimate of drug-likeness (QED) is 0.600. The highest BCUT2D eigenvalue weighted by Gasteiger charge is 2.62. The zero-order chi connectivity index (χ0) is 23.4. The van der Waals surface area contributed by atoms with Gasteiger partial charge in [0.05, 0.1) is 12.2 Å². The first-order valence-electron chi connectivity index (χ1n) is 14.0. The molecule has 5 fully saturated rings. The lowest BCUT2D eigenvalue weighted by Gasteiger charge is -2.62. The number of carbonyl (C=O) groups excluding carboxylic acids is 1. The first kappa shape index (κ1) is 24.4. The zero-order valence-corrected chi connectivity index (χ0v) is 22.0. The van der Waals surface area contributed by atoms with Crippen LogP contribution in [0.1, 0.15) is 85.0 Å². The monoisotopic (exact) mass is 477 g/mol. The fraction of sp³-hybridized carbons (Fsp3) is 0.964. The summed E-state index contributed by atoms with van der Waals surface area (Å²) < 4.78 is 0. The summed E-state index contributed by atoms with van der Waals surface area (Å²) in [6, 6.07) is 0. The van der Waals surface area contributed by atoms with Gasteiger partial charge in [-0.1, -0.05) is 20.8 Å². The van der Waals surface area contributed by atoms with E-state index in [1.807, 2.05) is 11.8 Å². The Morgan fingerprint density at radius 1 is 1.00 bits per heavy atom. The predicted molar refractivity (Wildman–Crippen MR) is 135 cm³/mol. The number of aliphatic hydroxyl groups is 2. The van der Waals surface area contributed by atoms with Crippen molar-refractivity contribution in [3.8, 4) is 0 Å². The van der Waals surface area contributed by atoms with Crippen molar-refractivity contribution in [3.63, 3.8) is 0 Å². The summed E-state index contributed by atoms with van der Waals surface area (Å²) in [5, 5.41) is 21.7. The molecule has 5 heteroatoms. The summed E-state index contributed by atoms with van der Waals surface area (Å²) in [6.07, 6.45) is 10.3. The maximum absolute atomic E-state index is 12.8. The van der Waals surface area contributed by atoms with Crippen LogP contribution in [0.25, 0.3) is 0 Å². The molecule has 1 amide bonds. The van der Waals surface area contributed by atoms with Crippen molar-refractivity contribution in [2.45, 2.75) is 97.2 Å². The molecular formula is C28H47NO3S. The van der Waals surface area contributed by atoms with Crippen molar-refractivity contribution in [1.82, 2.24) is 4.90 Å². The molecule has 1 heterocycles. The number of amides is 1. The van der Waals surface area contributed by atoms with Crippen LogP contribution in [0.5, 0.6) is 0 Å². The Morgan fingerprint density at radius 2 is 1.70 bits per heavy atom. The van der Waals surface area contributed by atoms with E-state index >= 15 is 0 Å². The summed E-state index contributed by atoms with van der Waals surface area (Å²) in [5.74, 6) is 5.96. The maximum atomic E-state index is 12.8. The Labute approximate surface area is 205 Å². The van der Waals surface area contributed by atoms with Crippen molar-refractivity contribution in [1.29, 1.82) is 0 Å². The minimum absolute atomic E-state index is 0.163. The van der Waals surface area contributed by atoms with Gasteiger partial charge in [-0.25, -0.2) is 0 Å². The lowest BCUT2D eigenvalue weighted by Crippen LogP contribution is -2.58. The first-order valence-corrected chi connectivity index (χ1v) is 15.1. The molecule has 4 nitrogen and oxygen atoms in total. The SMILES string of the molecule is CC(CCC(=O)N1CCSCC1)C1CCC2C3C(O)CC4CC(O)CCC4(C)C3CCC12C. The molecule has 33 heavy (non-hydrogen) atoms. The summed E-state index contributed by atoms with van der Waals surface area (Å²) in [6.45, 7) is 9.30. The third kappa shape index (κ3) is 4.20. The average Bonchev–Trinajstić information content (AvgIpc) is 3.16. The second-order valence-corrected chi connectivity index (χ2v) is 14.2. The van der Waals surface area contributed by atoms with Crippen molar-refractivity contribution in [2.75, 3.05) is 24.6 Å². The Kier molecular flexibility index (Phi) is 6.90. The van der Waals surface area contributed by atoms with E-state index in [2.05, 4.69) is 25.7 Å². The van der Waals surface area contributed by atoms with Crippen LogP contribution in [0.2, 0.25) is 0 Å². The second kappa shape index (κ2) is 9.32. The van der Waals surface area contributed by atoms with Gasteiger partial charge in [0.15, 0.2) is 0 Å². The lowest BCUT2D eigenvalue weighted by atomic mass is 9.43. The molecule has 10 atom stereocenters. The van der Waals surface area contributed by atoms with Gasteiger partial charge in [0.25, 0.3) is 0 Å². The molecule has 1 aliphatic heterocycles. The van der Waals surface area contributed by atoms with E-state index in [1.54, 1.807) is 0 Å². The number of fused-ring (bicyclic) bond motifs is 5. The molecule has 0 bridgehead atoms. The fourth-order valence-corrected chi connectivity index (χ4v) is 10.6. The van der Waals surface area contributed by atoms with E-state index in [-0.39, 0.29) is 12.2 Å². The smallest absolute Gasteiger partial charge is 0.222 e. The first-order chi connectivity index (χ1) is 15.7. The van der Waals surface area contributed by atoms with Gasteiger partial charge >= 0.3 is 0 Å². The average molecular weight is 478 g/mol. The van der Waals surface area contributed by atoms with E-state index in [9.17, 15) is 15.0 Å². The van der Waals surface area contributed by atoms with Crippen LogP contribution in [-0.2, 0) is 4.79 Å². The highest BCUT2D eigenvalue weighted by Crippen LogP contribution is 2.68. The summed E-state index contributed by atoms with van der Waals surface area (Å²) in [5.41, 5.74) is 0.608. The molecule has 0 radical (unpaired) electrons. The summed E-state index contributed by atoms with van der Waals surface area (Å²) in [4.78, 5) is 14.9. The van der Waals surface area contributed by atoms with Gasteiger partial charge in [0.1, 0.15) is 0 Å². The molecule has 0 aromatic rings. The van der Waals surface area contributed by atoms with Gasteiger partial charge in [-0.3, -0.25) is 4.79 Å². The molecule has 4 saturated carbocycles. The van der Waals surface area contributed by atoms with Crippen LogP contribution in [0.3, 0.4) is 0 Å². The van der Waals surface area contributed by atoms with Gasteiger partial charge in [-0.2, -0.15) is 11.8 Å². The van der Waals surface area contributed by atoms with E-state index in [4.69, 9.17) is 0 Å². The van der Waals surface area contributed by atoms with E-state index < -0.39 is 0 Å². The van der Waals surface area contributed by atoms with Crippen molar-refractivity contribution in [2.24, 2.45) is 46.3 Å². The minimum Gasteiger partial charge on any atom is -0.393 e. The molecule has 0 aromatic heterocycles. The van der Waals surface area contributed by atoms with Crippen LogP contribution in [0.15, 0.2) is 0 Å².